The number of nitrogens with zero attached hydrogens (tertiary/aromatic N) is 1. The van der Waals surface area contributed by atoms with E-state index in [0.29, 0.717) is 34.4 Å². The molecule has 1 atom stereocenters. The van der Waals surface area contributed by atoms with Gasteiger partial charge < -0.3 is 25.0 Å². The van der Waals surface area contributed by atoms with Crippen LogP contribution in [0.4, 0.5) is 18.0 Å². The van der Waals surface area contributed by atoms with Gasteiger partial charge in [0, 0.05) is 18.7 Å². The Kier molecular flexibility index (Phi) is 5.54. The van der Waals surface area contributed by atoms with Crippen molar-refractivity contribution in [3.63, 3.8) is 0 Å². The minimum absolute atomic E-state index is 0.185. The summed E-state index contributed by atoms with van der Waals surface area (Å²) in [5.74, 6) is -0.690. The van der Waals surface area contributed by atoms with E-state index in [2.05, 4.69) is 31.3 Å². The SMILES string of the molecule is O=C(O)NCCC1CNC(=O)c2cc(-c3cccc(OC(F)(F)F)c3)c(Br)n21. The fourth-order valence-corrected chi connectivity index (χ4v) is 3.89. The lowest BCUT2D eigenvalue weighted by atomic mass is 10.1. The summed E-state index contributed by atoms with van der Waals surface area (Å²) in [6, 6.07) is 6.80. The first-order valence-corrected chi connectivity index (χ1v) is 8.97. The van der Waals surface area contributed by atoms with Crippen LogP contribution < -0.4 is 15.4 Å². The third-order valence-corrected chi connectivity index (χ3v) is 5.01. The van der Waals surface area contributed by atoms with Crippen molar-refractivity contribution < 1.29 is 32.6 Å². The summed E-state index contributed by atoms with van der Waals surface area (Å²) in [6.45, 7) is 0.487. The first-order chi connectivity index (χ1) is 13.2. The van der Waals surface area contributed by atoms with Gasteiger partial charge in [0.15, 0.2) is 0 Å². The number of carbonyl (C=O) groups excluding carboxylic acids is 1. The van der Waals surface area contributed by atoms with Crippen molar-refractivity contribution in [3.8, 4) is 16.9 Å². The van der Waals surface area contributed by atoms with Gasteiger partial charge in [0.2, 0.25) is 0 Å². The highest BCUT2D eigenvalue weighted by atomic mass is 79.9. The summed E-state index contributed by atoms with van der Waals surface area (Å²) >= 11 is 3.43. The van der Waals surface area contributed by atoms with Gasteiger partial charge in [-0.15, -0.1) is 13.2 Å². The molecule has 0 bridgehead atoms. The van der Waals surface area contributed by atoms with Crippen LogP contribution in [0.25, 0.3) is 11.1 Å². The summed E-state index contributed by atoms with van der Waals surface area (Å²) in [4.78, 5) is 22.9. The Balaban J connectivity index is 1.94. The van der Waals surface area contributed by atoms with Crippen molar-refractivity contribution in [1.29, 1.82) is 0 Å². The van der Waals surface area contributed by atoms with Gasteiger partial charge >= 0.3 is 12.5 Å². The van der Waals surface area contributed by atoms with Gasteiger partial charge in [-0.1, -0.05) is 12.1 Å². The second kappa shape index (κ2) is 7.74. The molecule has 0 aliphatic carbocycles. The number of benzene rings is 1. The van der Waals surface area contributed by atoms with Crippen molar-refractivity contribution in [2.45, 2.75) is 18.8 Å². The molecule has 7 nitrogen and oxygen atoms in total. The summed E-state index contributed by atoms with van der Waals surface area (Å²) in [5.41, 5.74) is 1.29. The van der Waals surface area contributed by atoms with E-state index in [0.717, 1.165) is 0 Å². The molecule has 3 N–H and O–H groups in total. The van der Waals surface area contributed by atoms with Gasteiger partial charge in [0.05, 0.1) is 10.6 Å². The van der Waals surface area contributed by atoms with E-state index >= 15 is 0 Å². The standard InChI is InChI=1S/C17H15BrF3N3O4/c18-14-12(9-2-1-3-11(6-9)28-17(19,20)21)7-13-15(25)23-8-10(24(13)14)4-5-22-16(26)27/h1-3,6-7,10,22H,4-5,8H2,(H,23,25)(H,26,27). The average molecular weight is 462 g/mol. The molecule has 0 saturated carbocycles. The molecule has 150 valence electrons. The smallest absolute Gasteiger partial charge is 0.465 e. The number of amides is 2. The van der Waals surface area contributed by atoms with E-state index in [9.17, 15) is 22.8 Å². The number of hydrogen-bond acceptors (Lipinski definition) is 3. The van der Waals surface area contributed by atoms with Crippen LogP contribution in [0, 0.1) is 0 Å². The number of fused-ring (bicyclic) bond motifs is 1. The molecule has 0 spiro atoms. The van der Waals surface area contributed by atoms with E-state index in [4.69, 9.17) is 5.11 Å². The maximum absolute atomic E-state index is 12.5. The zero-order valence-electron chi connectivity index (χ0n) is 14.2. The molecule has 3 rings (SSSR count). The molecule has 1 unspecified atom stereocenters. The highest BCUT2D eigenvalue weighted by Gasteiger charge is 2.32. The van der Waals surface area contributed by atoms with Gasteiger partial charge in [-0.25, -0.2) is 4.79 Å². The molecule has 1 aromatic heterocycles. The van der Waals surface area contributed by atoms with E-state index in [1.165, 1.54) is 18.2 Å². The third kappa shape index (κ3) is 4.41. The molecule has 0 saturated heterocycles. The van der Waals surface area contributed by atoms with Gasteiger partial charge in [0.1, 0.15) is 11.4 Å². The zero-order valence-corrected chi connectivity index (χ0v) is 15.8. The third-order valence-electron chi connectivity index (χ3n) is 4.20. The molecule has 0 fully saturated rings. The number of carbonyl (C=O) groups is 2. The number of hydrogen-bond donors (Lipinski definition) is 3. The largest absolute Gasteiger partial charge is 0.573 e. The van der Waals surface area contributed by atoms with Gasteiger partial charge in [0.25, 0.3) is 5.91 Å². The molecule has 1 aromatic carbocycles. The number of alkyl halides is 3. The monoisotopic (exact) mass is 461 g/mol. The minimum atomic E-state index is -4.81. The van der Waals surface area contributed by atoms with E-state index in [1.807, 2.05) is 0 Å². The highest BCUT2D eigenvalue weighted by Crippen LogP contribution is 2.38. The summed E-state index contributed by atoms with van der Waals surface area (Å²) < 4.78 is 43.6. The second-order valence-corrected chi connectivity index (χ2v) is 6.82. The second-order valence-electron chi connectivity index (χ2n) is 6.06. The molecule has 0 radical (unpaired) electrons. The molecule has 1 aliphatic rings. The molecule has 2 heterocycles. The van der Waals surface area contributed by atoms with Crippen molar-refractivity contribution >= 4 is 27.9 Å². The topological polar surface area (TPSA) is 92.6 Å². The van der Waals surface area contributed by atoms with Crippen LogP contribution in [0.2, 0.25) is 0 Å². The minimum Gasteiger partial charge on any atom is -0.465 e. The van der Waals surface area contributed by atoms with Gasteiger partial charge in [-0.3, -0.25) is 4.79 Å². The Morgan fingerprint density at radius 2 is 2.14 bits per heavy atom. The molecular weight excluding hydrogens is 447 g/mol. The normalized spacial score (nSPS) is 16.3. The molecule has 11 heteroatoms. The van der Waals surface area contributed by atoms with Crippen LogP contribution in [0.3, 0.4) is 0 Å². The molecule has 28 heavy (non-hydrogen) atoms. The van der Waals surface area contributed by atoms with Crippen LogP contribution in [-0.4, -0.2) is 41.1 Å². The number of carboxylic acid groups (broad SMARTS) is 1. The van der Waals surface area contributed by atoms with Gasteiger partial charge in [-0.05, 0) is 46.1 Å². The van der Waals surface area contributed by atoms with E-state index < -0.39 is 12.5 Å². The summed E-state index contributed by atoms with van der Waals surface area (Å²) in [5, 5.41) is 13.7. The lowest BCUT2D eigenvalue weighted by molar-refractivity contribution is -0.274. The number of ether oxygens (including phenoxy) is 1. The zero-order chi connectivity index (χ0) is 20.5. The van der Waals surface area contributed by atoms with Crippen LogP contribution in [0.5, 0.6) is 5.75 Å². The molecule has 2 amide bonds. The average Bonchev–Trinajstić information content (AvgIpc) is 2.94. The predicted molar refractivity (Wildman–Crippen MR) is 96.3 cm³/mol. The summed E-state index contributed by atoms with van der Waals surface area (Å²) in [6.07, 6.45) is -5.53. The number of rotatable bonds is 5. The maximum Gasteiger partial charge on any atom is 0.573 e. The van der Waals surface area contributed by atoms with Crippen LogP contribution >= 0.6 is 15.9 Å². The van der Waals surface area contributed by atoms with Gasteiger partial charge in [-0.2, -0.15) is 0 Å². The van der Waals surface area contributed by atoms with E-state index in [1.54, 1.807) is 16.7 Å². The fourth-order valence-electron chi connectivity index (χ4n) is 3.07. The molecular formula is C17H15BrF3N3O4. The summed E-state index contributed by atoms with van der Waals surface area (Å²) in [7, 11) is 0. The molecule has 2 aromatic rings. The first-order valence-electron chi connectivity index (χ1n) is 8.17. The number of halogens is 4. The number of nitrogens with one attached hydrogen (secondary N) is 2. The van der Waals surface area contributed by atoms with Crippen molar-refractivity contribution in [1.82, 2.24) is 15.2 Å². The lowest BCUT2D eigenvalue weighted by Crippen LogP contribution is -2.40. The predicted octanol–water partition coefficient (Wildman–Crippen LogP) is 3.76. The molecule has 1 aliphatic heterocycles. The van der Waals surface area contributed by atoms with Crippen LogP contribution in [0.15, 0.2) is 34.9 Å². The van der Waals surface area contributed by atoms with Crippen LogP contribution in [0.1, 0.15) is 23.0 Å². The fraction of sp³-hybridized carbons (Fsp3) is 0.294. The van der Waals surface area contributed by atoms with Crippen molar-refractivity contribution in [3.05, 3.63) is 40.6 Å². The highest BCUT2D eigenvalue weighted by molar-refractivity contribution is 9.10. The Labute approximate surface area is 165 Å². The Morgan fingerprint density at radius 3 is 2.82 bits per heavy atom. The lowest BCUT2D eigenvalue weighted by Gasteiger charge is -2.27. The van der Waals surface area contributed by atoms with E-state index in [-0.39, 0.29) is 24.2 Å². The Morgan fingerprint density at radius 1 is 1.39 bits per heavy atom. The Hall–Kier alpha value is -2.69. The van der Waals surface area contributed by atoms with Crippen LogP contribution in [-0.2, 0) is 0 Å². The van der Waals surface area contributed by atoms with Crippen molar-refractivity contribution in [2.75, 3.05) is 13.1 Å². The first kappa shape index (κ1) is 20.1. The maximum atomic E-state index is 12.5. The van der Waals surface area contributed by atoms with Crippen molar-refractivity contribution in [2.24, 2.45) is 0 Å². The Bertz CT molecular complexity index is 914. The number of aromatic nitrogens is 1. The quantitative estimate of drug-likeness (QED) is 0.631.